The second-order valence-electron chi connectivity index (χ2n) is 7.27. The van der Waals surface area contributed by atoms with Gasteiger partial charge in [-0.2, -0.15) is 0 Å². The fraction of sp³-hybridized carbons (Fsp3) is 0.619. The Labute approximate surface area is 173 Å². The van der Waals surface area contributed by atoms with Crippen molar-refractivity contribution in [2.24, 2.45) is 4.99 Å². The van der Waals surface area contributed by atoms with E-state index in [1.54, 1.807) is 0 Å². The molecule has 8 heteroatoms. The van der Waals surface area contributed by atoms with Gasteiger partial charge in [-0.25, -0.2) is 4.99 Å². The zero-order chi connectivity index (χ0) is 20.3. The molecule has 3 N–H and O–H groups in total. The van der Waals surface area contributed by atoms with Gasteiger partial charge >= 0.3 is 0 Å². The fourth-order valence-electron chi connectivity index (χ4n) is 3.42. The summed E-state index contributed by atoms with van der Waals surface area (Å²) in [6.45, 7) is 9.47. The third kappa shape index (κ3) is 7.30. The number of nitrogens with one attached hydrogen (secondary N) is 3. The molecular weight excluding hydrogens is 370 g/mol. The lowest BCUT2D eigenvalue weighted by Gasteiger charge is -2.26. The van der Waals surface area contributed by atoms with Gasteiger partial charge in [0.15, 0.2) is 5.96 Å². The summed E-state index contributed by atoms with van der Waals surface area (Å²) in [6, 6.07) is 7.82. The van der Waals surface area contributed by atoms with Crippen LogP contribution < -0.4 is 16.0 Å². The fourth-order valence-corrected chi connectivity index (χ4v) is 3.42. The first kappa shape index (κ1) is 21.5. The van der Waals surface area contributed by atoms with E-state index in [0.29, 0.717) is 13.2 Å². The Kier molecular flexibility index (Phi) is 8.73. The number of carbonyl (C=O) groups excluding carboxylic acids is 1. The van der Waals surface area contributed by atoms with Gasteiger partial charge in [0.2, 0.25) is 0 Å². The Morgan fingerprint density at radius 3 is 2.86 bits per heavy atom. The number of nitrogens with zero attached hydrogens (tertiary/aromatic N) is 2. The lowest BCUT2D eigenvalue weighted by molar-refractivity contribution is -0.124. The molecule has 0 bridgehead atoms. The van der Waals surface area contributed by atoms with Crippen LogP contribution in [0.5, 0.6) is 0 Å². The van der Waals surface area contributed by atoms with Crippen molar-refractivity contribution in [1.82, 2.24) is 15.5 Å². The number of morpholine rings is 1. The van der Waals surface area contributed by atoms with Crippen LogP contribution in [-0.2, 0) is 20.8 Å². The zero-order valence-electron chi connectivity index (χ0n) is 17.3. The maximum Gasteiger partial charge on any atom is 0.253 e. The summed E-state index contributed by atoms with van der Waals surface area (Å²) >= 11 is 0. The highest BCUT2D eigenvalue weighted by atomic mass is 16.5. The molecule has 160 valence electrons. The molecule has 0 aromatic heterocycles. The highest BCUT2D eigenvalue weighted by Crippen LogP contribution is 2.16. The number of benzene rings is 1. The summed E-state index contributed by atoms with van der Waals surface area (Å²) in [5.41, 5.74) is 1.82. The Bertz CT molecular complexity index is 670. The van der Waals surface area contributed by atoms with Crippen LogP contribution in [0.4, 0.5) is 5.69 Å². The SMILES string of the molecule is CCNC(=NCc1cccc(NC(=O)C2CCCO2)c1)NCCN1CCOCC1. The van der Waals surface area contributed by atoms with Crippen molar-refractivity contribution >= 4 is 17.6 Å². The molecule has 2 saturated heterocycles. The molecule has 29 heavy (non-hydrogen) atoms. The molecular formula is C21H33N5O3. The van der Waals surface area contributed by atoms with Crippen LogP contribution in [0.15, 0.2) is 29.3 Å². The number of aliphatic imine (C=N–C) groups is 1. The molecule has 1 aromatic carbocycles. The maximum atomic E-state index is 12.2. The Hall–Kier alpha value is -2.16. The van der Waals surface area contributed by atoms with E-state index in [2.05, 4.69) is 32.8 Å². The quantitative estimate of drug-likeness (QED) is 0.447. The Morgan fingerprint density at radius 1 is 1.24 bits per heavy atom. The second-order valence-corrected chi connectivity index (χ2v) is 7.27. The molecule has 2 heterocycles. The minimum Gasteiger partial charge on any atom is -0.379 e. The number of rotatable bonds is 8. The number of anilines is 1. The third-order valence-electron chi connectivity index (χ3n) is 5.00. The molecule has 3 rings (SSSR count). The van der Waals surface area contributed by atoms with E-state index in [0.717, 1.165) is 76.0 Å². The molecule has 0 radical (unpaired) electrons. The molecule has 1 unspecified atom stereocenters. The van der Waals surface area contributed by atoms with Gasteiger partial charge in [-0.1, -0.05) is 12.1 Å². The normalized spacial score (nSPS) is 20.4. The minimum atomic E-state index is -0.326. The largest absolute Gasteiger partial charge is 0.379 e. The number of amides is 1. The van der Waals surface area contributed by atoms with Gasteiger partial charge in [0, 0.05) is 45.0 Å². The lowest BCUT2D eigenvalue weighted by Crippen LogP contribution is -2.44. The number of ether oxygens (including phenoxy) is 2. The summed E-state index contributed by atoms with van der Waals surface area (Å²) in [5, 5.41) is 9.62. The van der Waals surface area contributed by atoms with Crippen LogP contribution in [-0.4, -0.2) is 75.4 Å². The van der Waals surface area contributed by atoms with Crippen molar-refractivity contribution < 1.29 is 14.3 Å². The third-order valence-corrected chi connectivity index (χ3v) is 5.00. The van der Waals surface area contributed by atoms with Crippen LogP contribution in [0, 0.1) is 0 Å². The monoisotopic (exact) mass is 403 g/mol. The smallest absolute Gasteiger partial charge is 0.253 e. The van der Waals surface area contributed by atoms with Gasteiger partial charge in [-0.3, -0.25) is 9.69 Å². The molecule has 2 fully saturated rings. The molecule has 8 nitrogen and oxygen atoms in total. The van der Waals surface area contributed by atoms with Crippen LogP contribution in [0.2, 0.25) is 0 Å². The Morgan fingerprint density at radius 2 is 2.10 bits per heavy atom. The second kappa shape index (κ2) is 11.7. The van der Waals surface area contributed by atoms with Crippen LogP contribution >= 0.6 is 0 Å². The van der Waals surface area contributed by atoms with Gasteiger partial charge in [0.1, 0.15) is 6.10 Å². The number of carbonyl (C=O) groups is 1. The first-order valence-electron chi connectivity index (χ1n) is 10.6. The van der Waals surface area contributed by atoms with Gasteiger partial charge in [0.25, 0.3) is 5.91 Å². The van der Waals surface area contributed by atoms with Crippen LogP contribution in [0.1, 0.15) is 25.3 Å². The van der Waals surface area contributed by atoms with Crippen molar-refractivity contribution in [3.8, 4) is 0 Å². The number of hydrogen-bond acceptors (Lipinski definition) is 5. The molecule has 0 aliphatic carbocycles. The molecule has 2 aliphatic rings. The molecule has 1 aromatic rings. The maximum absolute atomic E-state index is 12.2. The minimum absolute atomic E-state index is 0.0683. The van der Waals surface area contributed by atoms with E-state index in [9.17, 15) is 4.79 Å². The predicted molar refractivity (Wildman–Crippen MR) is 114 cm³/mol. The number of hydrogen-bond donors (Lipinski definition) is 3. The first-order chi connectivity index (χ1) is 14.2. The first-order valence-corrected chi connectivity index (χ1v) is 10.6. The summed E-state index contributed by atoms with van der Waals surface area (Å²) in [5.74, 6) is 0.732. The van der Waals surface area contributed by atoms with Crippen molar-refractivity contribution in [2.45, 2.75) is 32.4 Å². The number of guanidine groups is 1. The van der Waals surface area contributed by atoms with Gasteiger partial charge in [0.05, 0.1) is 19.8 Å². The average molecular weight is 404 g/mol. The molecule has 1 amide bonds. The lowest BCUT2D eigenvalue weighted by atomic mass is 10.2. The van der Waals surface area contributed by atoms with E-state index < -0.39 is 0 Å². The molecule has 0 spiro atoms. The van der Waals surface area contributed by atoms with E-state index in [4.69, 9.17) is 9.47 Å². The van der Waals surface area contributed by atoms with Crippen molar-refractivity contribution in [3.05, 3.63) is 29.8 Å². The standard InChI is InChI=1S/C21H33N5O3/c1-2-22-21(23-8-9-26-10-13-28-14-11-26)24-16-17-5-3-6-18(15-17)25-20(27)19-7-4-12-29-19/h3,5-6,15,19H,2,4,7-14,16H2,1H3,(H,25,27)(H2,22,23,24). The van der Waals surface area contributed by atoms with E-state index in [1.807, 2.05) is 24.3 Å². The summed E-state index contributed by atoms with van der Waals surface area (Å²) < 4.78 is 10.8. The van der Waals surface area contributed by atoms with Crippen molar-refractivity contribution in [2.75, 3.05) is 57.9 Å². The molecule has 0 saturated carbocycles. The van der Waals surface area contributed by atoms with E-state index in [1.165, 1.54) is 0 Å². The summed E-state index contributed by atoms with van der Waals surface area (Å²) in [6.07, 6.45) is 1.41. The Balaban J connectivity index is 1.49. The zero-order valence-corrected chi connectivity index (χ0v) is 17.3. The van der Waals surface area contributed by atoms with Gasteiger partial charge < -0.3 is 25.4 Å². The average Bonchev–Trinajstić information content (AvgIpc) is 3.28. The van der Waals surface area contributed by atoms with Crippen molar-refractivity contribution in [1.29, 1.82) is 0 Å². The van der Waals surface area contributed by atoms with Crippen molar-refractivity contribution in [3.63, 3.8) is 0 Å². The molecule has 2 aliphatic heterocycles. The topological polar surface area (TPSA) is 87.2 Å². The predicted octanol–water partition coefficient (Wildman–Crippen LogP) is 1.19. The summed E-state index contributed by atoms with van der Waals surface area (Å²) in [7, 11) is 0. The van der Waals surface area contributed by atoms with Gasteiger partial charge in [-0.15, -0.1) is 0 Å². The highest BCUT2D eigenvalue weighted by molar-refractivity contribution is 5.94. The summed E-state index contributed by atoms with van der Waals surface area (Å²) in [4.78, 5) is 19.3. The van der Waals surface area contributed by atoms with Crippen LogP contribution in [0.3, 0.4) is 0 Å². The highest BCUT2D eigenvalue weighted by Gasteiger charge is 2.23. The van der Waals surface area contributed by atoms with Crippen LogP contribution in [0.25, 0.3) is 0 Å². The van der Waals surface area contributed by atoms with E-state index in [-0.39, 0.29) is 12.0 Å². The van der Waals surface area contributed by atoms with E-state index >= 15 is 0 Å². The molecule has 1 atom stereocenters. The van der Waals surface area contributed by atoms with Gasteiger partial charge in [-0.05, 0) is 37.5 Å².